The molecule has 0 aromatic heterocycles. The van der Waals surface area contributed by atoms with Gasteiger partial charge < -0.3 is 5.32 Å². The molecule has 0 bridgehead atoms. The van der Waals surface area contributed by atoms with Gasteiger partial charge in [-0.05, 0) is 12.5 Å². The maximum Gasteiger partial charge on any atom is 0.111 e. The van der Waals surface area contributed by atoms with Crippen molar-refractivity contribution in [2.75, 3.05) is 19.6 Å². The highest BCUT2D eigenvalue weighted by Crippen LogP contribution is 2.10. The Morgan fingerprint density at radius 2 is 2.19 bits per heavy atom. The van der Waals surface area contributed by atoms with E-state index in [4.69, 9.17) is 5.26 Å². The molecule has 0 aliphatic carbocycles. The average molecular weight is 215 g/mol. The summed E-state index contributed by atoms with van der Waals surface area (Å²) in [6.07, 6.45) is 0. The monoisotopic (exact) mass is 215 g/mol. The molecule has 1 aliphatic rings. The SMILES string of the molecule is Cc1ccc(CN2CCNCC2C#N)cc1. The van der Waals surface area contributed by atoms with Crippen molar-refractivity contribution in [2.45, 2.75) is 19.5 Å². The van der Waals surface area contributed by atoms with Gasteiger partial charge in [-0.1, -0.05) is 29.8 Å². The number of aryl methyl sites for hydroxylation is 1. The standard InChI is InChI=1S/C13H17N3/c1-11-2-4-12(5-3-11)10-16-7-6-15-9-13(16)8-14/h2-5,13,15H,6-7,9-10H2,1H3. The maximum atomic E-state index is 9.05. The molecule has 1 aromatic carbocycles. The fourth-order valence-corrected chi connectivity index (χ4v) is 1.99. The topological polar surface area (TPSA) is 39.1 Å². The van der Waals surface area contributed by atoms with E-state index in [1.807, 2.05) is 0 Å². The number of nitrogens with one attached hydrogen (secondary N) is 1. The molecule has 3 nitrogen and oxygen atoms in total. The minimum absolute atomic E-state index is 0.00931. The van der Waals surface area contributed by atoms with Crippen molar-refractivity contribution in [1.29, 1.82) is 5.26 Å². The van der Waals surface area contributed by atoms with Gasteiger partial charge in [0, 0.05) is 26.2 Å². The van der Waals surface area contributed by atoms with Gasteiger partial charge in [0.2, 0.25) is 0 Å². The zero-order valence-corrected chi connectivity index (χ0v) is 9.61. The minimum Gasteiger partial charge on any atom is -0.313 e. The summed E-state index contributed by atoms with van der Waals surface area (Å²) in [5.41, 5.74) is 2.56. The summed E-state index contributed by atoms with van der Waals surface area (Å²) in [4.78, 5) is 2.24. The van der Waals surface area contributed by atoms with Gasteiger partial charge in [-0.25, -0.2) is 0 Å². The Morgan fingerprint density at radius 1 is 1.44 bits per heavy atom. The number of nitrogens with zero attached hydrogens (tertiary/aromatic N) is 2. The van der Waals surface area contributed by atoms with Crippen LogP contribution < -0.4 is 5.32 Å². The van der Waals surface area contributed by atoms with Crippen LogP contribution in [0.3, 0.4) is 0 Å². The van der Waals surface area contributed by atoms with E-state index in [-0.39, 0.29) is 6.04 Å². The molecular formula is C13H17N3. The van der Waals surface area contributed by atoms with Gasteiger partial charge in [-0.2, -0.15) is 5.26 Å². The Bertz CT molecular complexity index is 377. The lowest BCUT2D eigenvalue weighted by molar-refractivity contribution is 0.189. The summed E-state index contributed by atoms with van der Waals surface area (Å²) >= 11 is 0. The molecule has 1 fully saturated rings. The first-order valence-electron chi connectivity index (χ1n) is 5.69. The van der Waals surface area contributed by atoms with Crippen LogP contribution in [0.25, 0.3) is 0 Å². The Morgan fingerprint density at radius 3 is 2.88 bits per heavy atom. The van der Waals surface area contributed by atoms with E-state index in [0.29, 0.717) is 0 Å². The first kappa shape index (κ1) is 11.1. The maximum absolute atomic E-state index is 9.05. The van der Waals surface area contributed by atoms with Crippen LogP contribution in [-0.4, -0.2) is 30.6 Å². The van der Waals surface area contributed by atoms with Crippen LogP contribution in [0.5, 0.6) is 0 Å². The van der Waals surface area contributed by atoms with Crippen LogP contribution in [0.4, 0.5) is 0 Å². The highest BCUT2D eigenvalue weighted by molar-refractivity contribution is 5.21. The number of benzene rings is 1. The van der Waals surface area contributed by atoms with E-state index in [0.717, 1.165) is 26.2 Å². The smallest absolute Gasteiger partial charge is 0.111 e. The zero-order chi connectivity index (χ0) is 11.4. The third kappa shape index (κ3) is 2.60. The van der Waals surface area contributed by atoms with Crippen molar-refractivity contribution in [3.63, 3.8) is 0 Å². The predicted octanol–water partition coefficient (Wildman–Crippen LogP) is 1.29. The van der Waals surface area contributed by atoms with Crippen LogP contribution in [0, 0.1) is 18.3 Å². The van der Waals surface area contributed by atoms with Crippen LogP contribution in [0.1, 0.15) is 11.1 Å². The zero-order valence-electron chi connectivity index (χ0n) is 9.61. The molecule has 1 heterocycles. The van der Waals surface area contributed by atoms with E-state index < -0.39 is 0 Å². The molecule has 0 spiro atoms. The van der Waals surface area contributed by atoms with Gasteiger partial charge in [-0.15, -0.1) is 0 Å². The fraction of sp³-hybridized carbons (Fsp3) is 0.462. The van der Waals surface area contributed by atoms with Gasteiger partial charge in [0.25, 0.3) is 0 Å². The van der Waals surface area contributed by atoms with Crippen LogP contribution >= 0.6 is 0 Å². The lowest BCUT2D eigenvalue weighted by Gasteiger charge is -2.31. The second kappa shape index (κ2) is 5.11. The highest BCUT2D eigenvalue weighted by atomic mass is 15.2. The van der Waals surface area contributed by atoms with Gasteiger partial charge in [0.05, 0.1) is 6.07 Å². The Kier molecular flexibility index (Phi) is 3.55. The summed E-state index contributed by atoms with van der Waals surface area (Å²) in [5.74, 6) is 0. The minimum atomic E-state index is 0.00931. The molecule has 3 heteroatoms. The number of hydrogen-bond donors (Lipinski definition) is 1. The van der Waals surface area contributed by atoms with Crippen molar-refractivity contribution in [3.05, 3.63) is 35.4 Å². The quantitative estimate of drug-likeness (QED) is 0.808. The number of rotatable bonds is 2. The highest BCUT2D eigenvalue weighted by Gasteiger charge is 2.21. The lowest BCUT2D eigenvalue weighted by atomic mass is 10.1. The summed E-state index contributed by atoms with van der Waals surface area (Å²) in [6, 6.07) is 10.9. The molecule has 1 atom stereocenters. The molecule has 1 aliphatic heterocycles. The lowest BCUT2D eigenvalue weighted by Crippen LogP contribution is -2.49. The van der Waals surface area contributed by atoms with Crippen molar-refractivity contribution in [1.82, 2.24) is 10.2 Å². The largest absolute Gasteiger partial charge is 0.313 e. The molecule has 84 valence electrons. The van der Waals surface area contributed by atoms with Crippen LogP contribution in [0.2, 0.25) is 0 Å². The summed E-state index contributed by atoms with van der Waals surface area (Å²) in [7, 11) is 0. The molecule has 2 rings (SSSR count). The first-order chi connectivity index (χ1) is 7.79. The van der Waals surface area contributed by atoms with Crippen LogP contribution in [0.15, 0.2) is 24.3 Å². The Labute approximate surface area is 96.7 Å². The van der Waals surface area contributed by atoms with Gasteiger partial charge in [-0.3, -0.25) is 4.90 Å². The molecule has 1 saturated heterocycles. The Hall–Kier alpha value is -1.37. The average Bonchev–Trinajstić information content (AvgIpc) is 2.33. The Balaban J connectivity index is 2.02. The van der Waals surface area contributed by atoms with Crippen LogP contribution in [-0.2, 0) is 6.54 Å². The second-order valence-corrected chi connectivity index (χ2v) is 4.31. The normalized spacial score (nSPS) is 21.6. The molecule has 16 heavy (non-hydrogen) atoms. The third-order valence-corrected chi connectivity index (χ3v) is 3.01. The van der Waals surface area contributed by atoms with E-state index >= 15 is 0 Å². The fourth-order valence-electron chi connectivity index (χ4n) is 1.99. The van der Waals surface area contributed by atoms with Crippen molar-refractivity contribution < 1.29 is 0 Å². The van der Waals surface area contributed by atoms with Crippen molar-refractivity contribution in [3.8, 4) is 6.07 Å². The van der Waals surface area contributed by atoms with Gasteiger partial charge in [0.15, 0.2) is 0 Å². The molecular weight excluding hydrogens is 198 g/mol. The van der Waals surface area contributed by atoms with E-state index in [1.54, 1.807) is 0 Å². The second-order valence-electron chi connectivity index (χ2n) is 4.31. The summed E-state index contributed by atoms with van der Waals surface area (Å²) in [5, 5.41) is 12.3. The summed E-state index contributed by atoms with van der Waals surface area (Å²) < 4.78 is 0. The van der Waals surface area contributed by atoms with E-state index in [2.05, 4.69) is 47.5 Å². The molecule has 1 N–H and O–H groups in total. The number of piperazine rings is 1. The van der Waals surface area contributed by atoms with Crippen molar-refractivity contribution >= 4 is 0 Å². The predicted molar refractivity (Wildman–Crippen MR) is 63.9 cm³/mol. The van der Waals surface area contributed by atoms with Crippen molar-refractivity contribution in [2.24, 2.45) is 0 Å². The molecule has 0 amide bonds. The molecule has 0 saturated carbocycles. The first-order valence-corrected chi connectivity index (χ1v) is 5.69. The summed E-state index contributed by atoms with van der Waals surface area (Å²) in [6.45, 7) is 5.67. The number of nitriles is 1. The number of hydrogen-bond acceptors (Lipinski definition) is 3. The molecule has 1 aromatic rings. The molecule has 1 unspecified atom stereocenters. The van der Waals surface area contributed by atoms with Gasteiger partial charge in [0.1, 0.15) is 6.04 Å². The third-order valence-electron chi connectivity index (χ3n) is 3.01. The van der Waals surface area contributed by atoms with E-state index in [1.165, 1.54) is 11.1 Å². The van der Waals surface area contributed by atoms with Gasteiger partial charge >= 0.3 is 0 Å². The van der Waals surface area contributed by atoms with E-state index in [9.17, 15) is 0 Å². The molecule has 0 radical (unpaired) electrons.